The van der Waals surface area contributed by atoms with Gasteiger partial charge in [0.05, 0.1) is 6.10 Å². The van der Waals surface area contributed by atoms with Gasteiger partial charge in [-0.15, -0.1) is 0 Å². The zero-order chi connectivity index (χ0) is 10.1. The van der Waals surface area contributed by atoms with Crippen LogP contribution in [0.25, 0.3) is 0 Å². The molecule has 0 aromatic heterocycles. The number of rotatable bonds is 7. The number of aliphatic hydroxyl groups is 1. The second-order valence-electron chi connectivity index (χ2n) is 3.54. The van der Waals surface area contributed by atoms with Gasteiger partial charge in [-0.25, -0.2) is 0 Å². The molecule has 0 heterocycles. The third kappa shape index (κ3) is 5.87. The van der Waals surface area contributed by atoms with E-state index in [1.807, 2.05) is 12.2 Å². The molecule has 0 saturated heterocycles. The van der Waals surface area contributed by atoms with Gasteiger partial charge in [0.2, 0.25) is 0 Å². The molecule has 0 amide bonds. The highest BCUT2D eigenvalue weighted by Crippen LogP contribution is 2.18. The van der Waals surface area contributed by atoms with E-state index in [2.05, 4.69) is 20.8 Å². The maximum atomic E-state index is 9.79. The van der Waals surface area contributed by atoms with E-state index in [-0.39, 0.29) is 6.10 Å². The molecule has 0 aliphatic rings. The molecule has 0 aliphatic carbocycles. The van der Waals surface area contributed by atoms with E-state index in [4.69, 9.17) is 0 Å². The van der Waals surface area contributed by atoms with Gasteiger partial charge >= 0.3 is 0 Å². The lowest BCUT2D eigenvalue weighted by Gasteiger charge is -2.18. The van der Waals surface area contributed by atoms with Crippen molar-refractivity contribution < 1.29 is 5.11 Å². The number of allylic oxidation sites excluding steroid dienone is 1. The van der Waals surface area contributed by atoms with Crippen molar-refractivity contribution in [2.24, 2.45) is 5.92 Å². The van der Waals surface area contributed by atoms with Crippen LogP contribution in [0.2, 0.25) is 0 Å². The lowest BCUT2D eigenvalue weighted by molar-refractivity contribution is 0.139. The highest BCUT2D eigenvalue weighted by Gasteiger charge is 2.13. The fourth-order valence-electron chi connectivity index (χ4n) is 1.62. The van der Waals surface area contributed by atoms with Crippen molar-refractivity contribution in [3.05, 3.63) is 19.1 Å². The smallest absolute Gasteiger partial charge is 0.0749 e. The molecule has 0 rings (SSSR count). The lowest BCUT2D eigenvalue weighted by atomic mass is 9.92. The Morgan fingerprint density at radius 2 is 1.77 bits per heavy atom. The summed E-state index contributed by atoms with van der Waals surface area (Å²) in [5.41, 5.74) is 0. The first-order valence-corrected chi connectivity index (χ1v) is 5.40. The van der Waals surface area contributed by atoms with Crippen molar-refractivity contribution in [1.29, 1.82) is 0 Å². The molecule has 0 saturated carbocycles. The molecule has 77 valence electrons. The van der Waals surface area contributed by atoms with Crippen LogP contribution in [0, 0.1) is 12.8 Å². The van der Waals surface area contributed by atoms with Crippen LogP contribution < -0.4 is 0 Å². The van der Waals surface area contributed by atoms with Gasteiger partial charge in [0.15, 0.2) is 0 Å². The highest BCUT2D eigenvalue weighted by atomic mass is 16.3. The van der Waals surface area contributed by atoms with E-state index in [0.29, 0.717) is 5.92 Å². The zero-order valence-electron chi connectivity index (χ0n) is 9.00. The third-order valence-corrected chi connectivity index (χ3v) is 2.30. The molecule has 1 atom stereocenters. The Kier molecular flexibility index (Phi) is 8.11. The van der Waals surface area contributed by atoms with Crippen molar-refractivity contribution in [1.82, 2.24) is 0 Å². The summed E-state index contributed by atoms with van der Waals surface area (Å²) in [6.45, 7) is 8.05. The minimum atomic E-state index is -0.262. The molecule has 13 heavy (non-hydrogen) atoms. The van der Waals surface area contributed by atoms with Crippen LogP contribution in [0.4, 0.5) is 0 Å². The van der Waals surface area contributed by atoms with Crippen LogP contribution >= 0.6 is 0 Å². The fraction of sp³-hybridized carbons (Fsp3) is 0.750. The minimum Gasteiger partial charge on any atom is -0.389 e. The Morgan fingerprint density at radius 3 is 2.15 bits per heavy atom. The highest BCUT2D eigenvalue weighted by molar-refractivity contribution is 4.92. The van der Waals surface area contributed by atoms with Gasteiger partial charge in [0.25, 0.3) is 0 Å². The molecule has 0 bridgehead atoms. The monoisotopic (exact) mass is 183 g/mol. The molecule has 1 nitrogen and oxygen atoms in total. The summed E-state index contributed by atoms with van der Waals surface area (Å²) in [4.78, 5) is 0. The van der Waals surface area contributed by atoms with Crippen molar-refractivity contribution in [3.63, 3.8) is 0 Å². The van der Waals surface area contributed by atoms with Crippen LogP contribution in [-0.2, 0) is 0 Å². The molecule has 1 N–H and O–H groups in total. The lowest BCUT2D eigenvalue weighted by Crippen LogP contribution is -2.17. The third-order valence-electron chi connectivity index (χ3n) is 2.30. The predicted octanol–water partition coefficient (Wildman–Crippen LogP) is 3.34. The molecule has 0 fully saturated rings. The summed E-state index contributed by atoms with van der Waals surface area (Å²) in [7, 11) is 0. The molecule has 0 aromatic rings. The first-order chi connectivity index (χ1) is 6.26. The van der Waals surface area contributed by atoms with Gasteiger partial charge in [-0.05, 0) is 32.1 Å². The van der Waals surface area contributed by atoms with Gasteiger partial charge < -0.3 is 5.11 Å². The number of hydrogen-bond donors (Lipinski definition) is 1. The van der Waals surface area contributed by atoms with Crippen LogP contribution in [-0.4, -0.2) is 11.2 Å². The summed E-state index contributed by atoms with van der Waals surface area (Å²) in [5, 5.41) is 9.79. The molecule has 1 unspecified atom stereocenters. The largest absolute Gasteiger partial charge is 0.389 e. The normalized spacial score (nSPS) is 14.2. The summed E-state index contributed by atoms with van der Waals surface area (Å²) < 4.78 is 0. The van der Waals surface area contributed by atoms with Gasteiger partial charge in [0, 0.05) is 0 Å². The Balaban J connectivity index is 3.93. The number of hydrogen-bond acceptors (Lipinski definition) is 1. The molecular formula is C12H23O. The molecule has 0 aromatic carbocycles. The molecular weight excluding hydrogens is 160 g/mol. The van der Waals surface area contributed by atoms with E-state index in [1.165, 1.54) is 0 Å². The van der Waals surface area contributed by atoms with Crippen molar-refractivity contribution >= 4 is 0 Å². The fourth-order valence-corrected chi connectivity index (χ4v) is 1.62. The molecule has 0 aliphatic heterocycles. The van der Waals surface area contributed by atoms with E-state index >= 15 is 0 Å². The topological polar surface area (TPSA) is 20.2 Å². The van der Waals surface area contributed by atoms with Gasteiger partial charge in [-0.1, -0.05) is 38.8 Å². The molecule has 1 radical (unpaired) electrons. The van der Waals surface area contributed by atoms with E-state index in [1.54, 1.807) is 0 Å². The molecule has 1 heteroatoms. The Bertz CT molecular complexity index is 123. The van der Waals surface area contributed by atoms with Gasteiger partial charge in [-0.3, -0.25) is 0 Å². The quantitative estimate of drug-likeness (QED) is 0.600. The Hall–Kier alpha value is -0.300. The predicted molar refractivity (Wildman–Crippen MR) is 58.4 cm³/mol. The second-order valence-corrected chi connectivity index (χ2v) is 3.54. The van der Waals surface area contributed by atoms with E-state index in [0.717, 1.165) is 32.1 Å². The second kappa shape index (κ2) is 8.31. The van der Waals surface area contributed by atoms with Crippen LogP contribution in [0.5, 0.6) is 0 Å². The van der Waals surface area contributed by atoms with Crippen molar-refractivity contribution in [3.8, 4) is 0 Å². The Morgan fingerprint density at radius 1 is 1.23 bits per heavy atom. The maximum absolute atomic E-state index is 9.79. The zero-order valence-corrected chi connectivity index (χ0v) is 9.00. The van der Waals surface area contributed by atoms with E-state index in [9.17, 15) is 5.11 Å². The number of aliphatic hydroxyl groups excluding tert-OH is 1. The summed E-state index contributed by atoms with van der Waals surface area (Å²) in [6.07, 6.45) is 8.89. The summed E-state index contributed by atoms with van der Waals surface area (Å²) in [5.74, 6) is 0.442. The van der Waals surface area contributed by atoms with Crippen molar-refractivity contribution in [2.45, 2.75) is 52.1 Å². The average molecular weight is 183 g/mol. The van der Waals surface area contributed by atoms with Crippen LogP contribution in [0.15, 0.2) is 12.2 Å². The maximum Gasteiger partial charge on any atom is 0.0749 e. The summed E-state index contributed by atoms with van der Waals surface area (Å²) in [6, 6.07) is 0. The van der Waals surface area contributed by atoms with Gasteiger partial charge in [-0.2, -0.15) is 0 Å². The van der Waals surface area contributed by atoms with Gasteiger partial charge in [0.1, 0.15) is 0 Å². The van der Waals surface area contributed by atoms with E-state index < -0.39 is 0 Å². The standard InChI is InChI=1S/C12H23O/c1-4-7-10-12(13)11(8-5-2)9-6-3/h7,10-13H,1,4-6,8-9H2,2-3H3. The Labute approximate surface area is 82.9 Å². The molecule has 0 spiro atoms. The SMILES string of the molecule is [CH2]CC=CC(O)C(CCC)CCC. The van der Waals surface area contributed by atoms with Crippen LogP contribution in [0.3, 0.4) is 0 Å². The first kappa shape index (κ1) is 12.7. The van der Waals surface area contributed by atoms with Crippen molar-refractivity contribution in [2.75, 3.05) is 0 Å². The average Bonchev–Trinajstić information content (AvgIpc) is 2.14. The summed E-state index contributed by atoms with van der Waals surface area (Å²) >= 11 is 0. The van der Waals surface area contributed by atoms with Crippen LogP contribution in [0.1, 0.15) is 46.0 Å². The first-order valence-electron chi connectivity index (χ1n) is 5.40. The minimum absolute atomic E-state index is 0.262.